The summed E-state index contributed by atoms with van der Waals surface area (Å²) in [4.78, 5) is 52.6. The first kappa shape index (κ1) is 58.8. The number of aryl methyl sites for hydroxylation is 1. The molecule has 63 heavy (non-hydrogen) atoms. The van der Waals surface area contributed by atoms with Crippen molar-refractivity contribution in [2.24, 2.45) is 11.8 Å². The van der Waals surface area contributed by atoms with E-state index in [1.54, 1.807) is 41.5 Å². The molecule has 0 saturated heterocycles. The van der Waals surface area contributed by atoms with Crippen molar-refractivity contribution in [1.29, 1.82) is 0 Å². The summed E-state index contributed by atoms with van der Waals surface area (Å²) in [6, 6.07) is 0. The maximum Gasteiger partial charge on any atom is 0.309 e. The third kappa shape index (κ3) is 29.1. The van der Waals surface area contributed by atoms with E-state index in [0.717, 1.165) is 12.8 Å². The van der Waals surface area contributed by atoms with Crippen molar-refractivity contribution in [3.8, 4) is 0 Å². The van der Waals surface area contributed by atoms with E-state index < -0.39 is 17.4 Å². The van der Waals surface area contributed by atoms with Crippen molar-refractivity contribution < 1.29 is 47.6 Å². The summed E-state index contributed by atoms with van der Waals surface area (Å²) in [5.74, 6) is -1.13. The molecule has 0 bridgehead atoms. The largest absolute Gasteiger partial charge is 0.462 e. The molecule has 1 rings (SSSR count). The molecule has 4 unspecified atom stereocenters. The summed E-state index contributed by atoms with van der Waals surface area (Å²) in [5.41, 5.74) is -0.598. The van der Waals surface area contributed by atoms with Crippen LogP contribution in [-0.2, 0) is 60.7 Å². The fourth-order valence-electron chi connectivity index (χ4n) is 6.40. The number of carbonyl (C=O) groups excluding carboxylic acids is 4. The molecule has 0 aliphatic heterocycles. The van der Waals surface area contributed by atoms with Gasteiger partial charge in [-0.15, -0.1) is 5.10 Å². The first-order valence-corrected chi connectivity index (χ1v) is 24.1. The molecule has 1 heterocycles. The van der Waals surface area contributed by atoms with Crippen LogP contribution in [0.25, 0.3) is 0 Å². The third-order valence-corrected chi connectivity index (χ3v) is 13.1. The summed E-state index contributed by atoms with van der Waals surface area (Å²) in [6.07, 6.45) is 4.57. The lowest BCUT2D eigenvalue weighted by atomic mass is 9.67. The van der Waals surface area contributed by atoms with Gasteiger partial charge in [0.05, 0.1) is 51.7 Å². The molecule has 0 N–H and O–H groups in total. The van der Waals surface area contributed by atoms with Crippen LogP contribution < -0.4 is 0 Å². The molecule has 354 valence electrons. The fraction of sp³-hybridized carbons (Fsp3) is 0.864. The van der Waals surface area contributed by atoms with Crippen LogP contribution in [0.2, 0.25) is 11.1 Å². The Morgan fingerprint density at radius 2 is 1.24 bits per heavy atom. The summed E-state index contributed by atoms with van der Waals surface area (Å²) in [5, 5.41) is 8.24. The number of hydrogen-bond acceptors (Lipinski definition) is 15. The van der Waals surface area contributed by atoms with E-state index in [1.807, 2.05) is 60.3 Å². The Morgan fingerprint density at radius 3 is 1.71 bits per heavy atom. The van der Waals surface area contributed by atoms with Crippen LogP contribution in [0.15, 0.2) is 6.20 Å². The maximum absolute atomic E-state index is 12.8. The molecule has 6 radical (unpaired) electrons. The number of ether oxygens (including phenoxy) is 6. The van der Waals surface area contributed by atoms with Crippen LogP contribution in [0.4, 0.5) is 0 Å². The zero-order valence-corrected chi connectivity index (χ0v) is 42.4. The molecular formula is C44H77B3N4O10S2. The third-order valence-electron chi connectivity index (χ3n) is 9.89. The normalized spacial score (nSPS) is 15.0. The Morgan fingerprint density at radius 1 is 0.746 bits per heavy atom. The zero-order valence-electron chi connectivity index (χ0n) is 40.8. The van der Waals surface area contributed by atoms with Gasteiger partial charge in [0.25, 0.3) is 0 Å². The Hall–Kier alpha value is -2.21. The molecule has 1 aromatic heterocycles. The molecule has 19 heteroatoms. The van der Waals surface area contributed by atoms with E-state index in [1.165, 1.54) is 0 Å². The van der Waals surface area contributed by atoms with Gasteiger partial charge in [0.15, 0.2) is 0 Å². The molecule has 0 aliphatic carbocycles. The van der Waals surface area contributed by atoms with Crippen LogP contribution >= 0.6 is 23.5 Å². The smallest absolute Gasteiger partial charge is 0.309 e. The van der Waals surface area contributed by atoms with Gasteiger partial charge in [-0.3, -0.25) is 28.8 Å². The second-order valence-corrected chi connectivity index (χ2v) is 22.9. The van der Waals surface area contributed by atoms with E-state index >= 15 is 0 Å². The van der Waals surface area contributed by atoms with Gasteiger partial charge in [0, 0.05) is 72.6 Å². The zero-order chi connectivity index (χ0) is 48.1. The molecule has 4 atom stereocenters. The highest BCUT2D eigenvalue weighted by molar-refractivity contribution is 8.00. The molecule has 0 aromatic carbocycles. The number of aromatic nitrogens is 3. The van der Waals surface area contributed by atoms with Crippen LogP contribution in [0, 0.1) is 11.8 Å². The van der Waals surface area contributed by atoms with Crippen LogP contribution in [0.1, 0.15) is 127 Å². The van der Waals surface area contributed by atoms with Crippen molar-refractivity contribution in [3.63, 3.8) is 0 Å². The lowest BCUT2D eigenvalue weighted by Gasteiger charge is -2.32. The number of nitrogens with zero attached hydrogens (tertiary/aromatic N) is 4. The topological polar surface area (TPSA) is 158 Å². The Labute approximate surface area is 391 Å². The molecule has 0 saturated carbocycles. The number of carbonyl (C=O) groups is 4. The van der Waals surface area contributed by atoms with E-state index in [-0.39, 0.29) is 109 Å². The number of thioether (sulfide) groups is 2. The average molecular weight is 919 g/mol. The number of hydrogen-bond donors (Lipinski definition) is 0. The standard InChI is InChI=1S/C44H77B3N4O10S2/c1-32(29-62-42(8,9)26-34(3)45)38(54)59-24-22-57-36(52)14-18-50(27-35-28-51(49-48-35)20-16-44(12,47)61-21-17-41(6,7)56-13)19-15-37(53)58-23-25-60-39(55)33(2)30-63-43(10,11)31-40(4,5)46/h28,32-34H,14-27,29-31H2,1-13H3. The van der Waals surface area contributed by atoms with Gasteiger partial charge in [0.2, 0.25) is 0 Å². The molecule has 1 aromatic rings. The van der Waals surface area contributed by atoms with Crippen molar-refractivity contribution in [1.82, 2.24) is 19.9 Å². The average Bonchev–Trinajstić information content (AvgIpc) is 3.62. The fourth-order valence-corrected chi connectivity index (χ4v) is 8.93. The van der Waals surface area contributed by atoms with Crippen molar-refractivity contribution in [3.05, 3.63) is 11.9 Å². The molecule has 14 nitrogen and oxygen atoms in total. The first-order chi connectivity index (χ1) is 29.0. The summed E-state index contributed by atoms with van der Waals surface area (Å²) >= 11 is 3.35. The minimum absolute atomic E-state index is 0.00828. The van der Waals surface area contributed by atoms with Crippen LogP contribution in [-0.4, -0.2) is 153 Å². The quantitative estimate of drug-likeness (QED) is 0.0317. The van der Waals surface area contributed by atoms with Gasteiger partial charge in [-0.2, -0.15) is 23.5 Å². The van der Waals surface area contributed by atoms with Gasteiger partial charge in [0.1, 0.15) is 34.3 Å². The van der Waals surface area contributed by atoms with Crippen LogP contribution in [0.3, 0.4) is 0 Å². The second kappa shape index (κ2) is 28.1. The summed E-state index contributed by atoms with van der Waals surface area (Å²) < 4.78 is 34.4. The molecular weight excluding hydrogens is 841 g/mol. The van der Waals surface area contributed by atoms with Gasteiger partial charge < -0.3 is 28.4 Å². The van der Waals surface area contributed by atoms with E-state index in [4.69, 9.17) is 52.0 Å². The highest BCUT2D eigenvalue weighted by Gasteiger charge is 2.28. The van der Waals surface area contributed by atoms with E-state index in [9.17, 15) is 19.2 Å². The summed E-state index contributed by atoms with van der Waals surface area (Å²) in [6.45, 7) is 25.1. The van der Waals surface area contributed by atoms with Gasteiger partial charge in [-0.1, -0.05) is 78.7 Å². The van der Waals surface area contributed by atoms with E-state index in [2.05, 4.69) is 38.0 Å². The van der Waals surface area contributed by atoms with E-state index in [0.29, 0.717) is 43.2 Å². The van der Waals surface area contributed by atoms with Crippen molar-refractivity contribution in [2.75, 3.05) is 64.7 Å². The predicted octanol–water partition coefficient (Wildman–Crippen LogP) is 6.56. The Kier molecular flexibility index (Phi) is 26.2. The number of esters is 4. The summed E-state index contributed by atoms with van der Waals surface area (Å²) in [7, 11) is 20.2. The number of methoxy groups -OCH3 is 1. The second-order valence-electron chi connectivity index (χ2n) is 19.4. The molecule has 0 spiro atoms. The minimum Gasteiger partial charge on any atom is -0.462 e. The lowest BCUT2D eigenvalue weighted by Crippen LogP contribution is -2.34. The highest BCUT2D eigenvalue weighted by Crippen LogP contribution is 2.40. The highest BCUT2D eigenvalue weighted by atomic mass is 32.2. The SMILES string of the molecule is [B]C(C)CC(C)(C)SCC(C)C(=O)OCCOC(=O)CCN(CCC(=O)OCCOC(=O)C(C)CSC(C)(C)CC([B])(C)C)Cc1cn(CCC([B])(C)OCCC(C)(C)OC)nn1. The Balaban J connectivity index is 2.73. The first-order valence-electron chi connectivity index (χ1n) is 22.1. The lowest BCUT2D eigenvalue weighted by molar-refractivity contribution is -0.154. The van der Waals surface area contributed by atoms with Crippen molar-refractivity contribution >= 4 is 70.9 Å². The van der Waals surface area contributed by atoms with Crippen LogP contribution in [0.5, 0.6) is 0 Å². The van der Waals surface area contributed by atoms with Gasteiger partial charge in [-0.05, 0) is 46.5 Å². The molecule has 0 aliphatic rings. The monoisotopic (exact) mass is 919 g/mol. The predicted molar refractivity (Wildman–Crippen MR) is 254 cm³/mol. The Bertz CT molecular complexity index is 1520. The molecule has 0 amide bonds. The molecule has 0 fully saturated rings. The van der Waals surface area contributed by atoms with Gasteiger partial charge >= 0.3 is 23.9 Å². The van der Waals surface area contributed by atoms with Gasteiger partial charge in [-0.25, -0.2) is 0 Å². The maximum atomic E-state index is 12.8. The number of rotatable bonds is 34. The van der Waals surface area contributed by atoms with Crippen molar-refractivity contribution in [2.45, 2.75) is 166 Å². The minimum atomic E-state index is -0.895.